The Bertz CT molecular complexity index is 697. The number of carbonyl (C=O) groups is 1. The zero-order valence-corrected chi connectivity index (χ0v) is 13.5. The third kappa shape index (κ3) is 4.11. The predicted molar refractivity (Wildman–Crippen MR) is 93.3 cm³/mol. The van der Waals surface area contributed by atoms with E-state index < -0.39 is 11.7 Å². The number of nitrogens with zero attached hydrogens (tertiary/aromatic N) is 1. The van der Waals surface area contributed by atoms with Gasteiger partial charge in [-0.3, -0.25) is 9.69 Å². The Labute approximate surface area is 141 Å². The Balaban J connectivity index is 1.53. The average molecular weight is 327 g/mol. The van der Waals surface area contributed by atoms with Gasteiger partial charge < -0.3 is 11.1 Å². The van der Waals surface area contributed by atoms with Crippen molar-refractivity contribution < 1.29 is 9.18 Å². The molecule has 0 radical (unpaired) electrons. The first-order valence-electron chi connectivity index (χ1n) is 8.24. The van der Waals surface area contributed by atoms with Crippen molar-refractivity contribution in [2.75, 3.05) is 18.4 Å². The number of primary amides is 1. The number of carbonyl (C=O) groups excluding carboxylic acids is 1. The molecule has 1 saturated heterocycles. The monoisotopic (exact) mass is 327 g/mol. The second-order valence-corrected chi connectivity index (χ2v) is 6.24. The molecule has 4 nitrogen and oxygen atoms in total. The molecule has 0 spiro atoms. The van der Waals surface area contributed by atoms with Crippen LogP contribution in [-0.4, -0.2) is 29.9 Å². The van der Waals surface area contributed by atoms with Crippen molar-refractivity contribution in [3.05, 3.63) is 65.5 Å². The summed E-state index contributed by atoms with van der Waals surface area (Å²) in [4.78, 5) is 13.5. The van der Waals surface area contributed by atoms with Gasteiger partial charge in [0.05, 0.1) is 5.69 Å². The fourth-order valence-corrected chi connectivity index (χ4v) is 3.08. The lowest BCUT2D eigenvalue weighted by Crippen LogP contribution is -2.38. The summed E-state index contributed by atoms with van der Waals surface area (Å²) in [7, 11) is 0. The first kappa shape index (κ1) is 16.5. The Kier molecular flexibility index (Phi) is 5.11. The van der Waals surface area contributed by atoms with Gasteiger partial charge in [0.25, 0.3) is 0 Å². The van der Waals surface area contributed by atoms with Gasteiger partial charge in [0.1, 0.15) is 5.82 Å². The quantitative estimate of drug-likeness (QED) is 0.887. The van der Waals surface area contributed by atoms with Gasteiger partial charge in [-0.15, -0.1) is 0 Å². The van der Waals surface area contributed by atoms with E-state index >= 15 is 0 Å². The third-order valence-corrected chi connectivity index (χ3v) is 4.45. The SMILES string of the molecule is NC(=O)c1ccc(NC2CCN(Cc3ccccc3)CC2)c(F)c1. The number of piperidine rings is 1. The molecule has 2 aromatic rings. The van der Waals surface area contributed by atoms with E-state index in [0.717, 1.165) is 32.5 Å². The second kappa shape index (κ2) is 7.45. The van der Waals surface area contributed by atoms with Gasteiger partial charge in [0.15, 0.2) is 0 Å². The van der Waals surface area contributed by atoms with Crippen molar-refractivity contribution in [3.8, 4) is 0 Å². The Hall–Kier alpha value is -2.40. The number of nitrogens with one attached hydrogen (secondary N) is 1. The van der Waals surface area contributed by atoms with Crippen LogP contribution >= 0.6 is 0 Å². The summed E-state index contributed by atoms with van der Waals surface area (Å²) in [6.07, 6.45) is 1.92. The van der Waals surface area contributed by atoms with Crippen LogP contribution in [0.3, 0.4) is 0 Å². The molecule has 0 bridgehead atoms. The number of likely N-dealkylation sites (tertiary alicyclic amines) is 1. The molecule has 0 aliphatic carbocycles. The minimum Gasteiger partial charge on any atom is -0.380 e. The number of nitrogens with two attached hydrogens (primary N) is 1. The fourth-order valence-electron chi connectivity index (χ4n) is 3.08. The highest BCUT2D eigenvalue weighted by Crippen LogP contribution is 2.21. The molecule has 1 heterocycles. The van der Waals surface area contributed by atoms with Crippen LogP contribution in [0.5, 0.6) is 0 Å². The van der Waals surface area contributed by atoms with Gasteiger partial charge in [-0.25, -0.2) is 4.39 Å². The molecular weight excluding hydrogens is 305 g/mol. The normalized spacial score (nSPS) is 16.0. The lowest BCUT2D eigenvalue weighted by Gasteiger charge is -2.33. The van der Waals surface area contributed by atoms with Crippen molar-refractivity contribution in [1.82, 2.24) is 4.90 Å². The third-order valence-electron chi connectivity index (χ3n) is 4.45. The van der Waals surface area contributed by atoms with Crippen molar-refractivity contribution in [3.63, 3.8) is 0 Å². The van der Waals surface area contributed by atoms with E-state index in [1.165, 1.54) is 11.6 Å². The van der Waals surface area contributed by atoms with Gasteiger partial charge in [0, 0.05) is 31.2 Å². The number of halogens is 1. The molecule has 24 heavy (non-hydrogen) atoms. The van der Waals surface area contributed by atoms with Crippen molar-refractivity contribution in [1.29, 1.82) is 0 Å². The zero-order valence-electron chi connectivity index (χ0n) is 13.5. The second-order valence-electron chi connectivity index (χ2n) is 6.24. The van der Waals surface area contributed by atoms with Crippen LogP contribution in [0, 0.1) is 5.82 Å². The molecule has 1 aliphatic heterocycles. The number of hydrogen-bond donors (Lipinski definition) is 2. The topological polar surface area (TPSA) is 58.4 Å². The van der Waals surface area contributed by atoms with Crippen molar-refractivity contribution in [2.24, 2.45) is 5.73 Å². The van der Waals surface area contributed by atoms with Gasteiger partial charge >= 0.3 is 0 Å². The highest BCUT2D eigenvalue weighted by molar-refractivity contribution is 5.93. The van der Waals surface area contributed by atoms with Crippen molar-refractivity contribution >= 4 is 11.6 Å². The van der Waals surface area contributed by atoms with Crippen LogP contribution in [0.4, 0.5) is 10.1 Å². The maximum absolute atomic E-state index is 14.0. The molecule has 0 saturated carbocycles. The molecule has 5 heteroatoms. The number of benzene rings is 2. The fraction of sp³-hybridized carbons (Fsp3) is 0.316. The number of amides is 1. The molecular formula is C19H22FN3O. The first-order valence-corrected chi connectivity index (χ1v) is 8.24. The molecule has 3 rings (SSSR count). The molecule has 0 atom stereocenters. The summed E-state index contributed by atoms with van der Waals surface area (Å²) in [5.74, 6) is -1.05. The minimum absolute atomic E-state index is 0.190. The van der Waals surface area contributed by atoms with E-state index in [9.17, 15) is 9.18 Å². The van der Waals surface area contributed by atoms with E-state index in [2.05, 4.69) is 34.5 Å². The van der Waals surface area contributed by atoms with Gasteiger partial charge in [-0.2, -0.15) is 0 Å². The lowest BCUT2D eigenvalue weighted by atomic mass is 10.0. The maximum atomic E-state index is 14.0. The summed E-state index contributed by atoms with van der Waals surface area (Å²) in [5, 5.41) is 3.25. The highest BCUT2D eigenvalue weighted by Gasteiger charge is 2.20. The summed E-state index contributed by atoms with van der Waals surface area (Å²) < 4.78 is 14.0. The first-order chi connectivity index (χ1) is 11.6. The summed E-state index contributed by atoms with van der Waals surface area (Å²) >= 11 is 0. The summed E-state index contributed by atoms with van der Waals surface area (Å²) in [5.41, 5.74) is 7.10. The van der Waals surface area contributed by atoms with Gasteiger partial charge in [-0.05, 0) is 36.6 Å². The van der Waals surface area contributed by atoms with Crippen LogP contribution in [0.2, 0.25) is 0 Å². The Morgan fingerprint density at radius 3 is 2.50 bits per heavy atom. The van der Waals surface area contributed by atoms with Crippen LogP contribution in [0.15, 0.2) is 48.5 Å². The predicted octanol–water partition coefficient (Wildman–Crippen LogP) is 3.00. The molecule has 1 amide bonds. The largest absolute Gasteiger partial charge is 0.380 e. The zero-order chi connectivity index (χ0) is 16.9. The van der Waals surface area contributed by atoms with Gasteiger partial charge in [-0.1, -0.05) is 30.3 Å². The molecule has 0 unspecified atom stereocenters. The van der Waals surface area contributed by atoms with E-state index in [1.807, 2.05) is 6.07 Å². The summed E-state index contributed by atoms with van der Waals surface area (Å²) in [6.45, 7) is 2.91. The van der Waals surface area contributed by atoms with Crippen molar-refractivity contribution in [2.45, 2.75) is 25.4 Å². The Morgan fingerprint density at radius 1 is 1.17 bits per heavy atom. The molecule has 3 N–H and O–H groups in total. The van der Waals surface area contributed by atoms with E-state index in [0.29, 0.717) is 5.69 Å². The van der Waals surface area contributed by atoms with Crippen LogP contribution in [-0.2, 0) is 6.54 Å². The van der Waals surface area contributed by atoms with E-state index in [-0.39, 0.29) is 11.6 Å². The minimum atomic E-state index is -0.616. The molecule has 1 fully saturated rings. The number of rotatable bonds is 5. The van der Waals surface area contributed by atoms with E-state index in [1.54, 1.807) is 12.1 Å². The van der Waals surface area contributed by atoms with Gasteiger partial charge in [0.2, 0.25) is 5.91 Å². The molecule has 2 aromatic carbocycles. The maximum Gasteiger partial charge on any atom is 0.248 e. The molecule has 1 aliphatic rings. The number of hydrogen-bond acceptors (Lipinski definition) is 3. The Morgan fingerprint density at radius 2 is 1.88 bits per heavy atom. The van der Waals surface area contributed by atoms with E-state index in [4.69, 9.17) is 5.73 Å². The lowest BCUT2D eigenvalue weighted by molar-refractivity contribution is 0.1000. The highest BCUT2D eigenvalue weighted by atomic mass is 19.1. The number of anilines is 1. The molecule has 0 aromatic heterocycles. The standard InChI is InChI=1S/C19H22FN3O/c20-17-12-15(19(21)24)6-7-18(17)22-16-8-10-23(11-9-16)13-14-4-2-1-3-5-14/h1-7,12,16,22H,8-11,13H2,(H2,21,24). The molecule has 126 valence electrons. The van der Waals surface area contributed by atoms with Crippen LogP contribution in [0.1, 0.15) is 28.8 Å². The van der Waals surface area contributed by atoms with Crippen LogP contribution in [0.25, 0.3) is 0 Å². The average Bonchev–Trinajstić information content (AvgIpc) is 2.59. The summed E-state index contributed by atoms with van der Waals surface area (Å²) in [6, 6.07) is 15.0. The van der Waals surface area contributed by atoms with Crippen LogP contribution < -0.4 is 11.1 Å². The smallest absolute Gasteiger partial charge is 0.248 e.